The minimum Gasteiger partial charge on any atom is -0.439 e. The van der Waals surface area contributed by atoms with Crippen LogP contribution < -0.4 is 0 Å². The zero-order valence-electron chi connectivity index (χ0n) is 13.3. The van der Waals surface area contributed by atoms with Crippen LogP contribution in [0.1, 0.15) is 38.5 Å². The molecular weight excluding hydrogens is 279 g/mol. The van der Waals surface area contributed by atoms with E-state index in [1.165, 1.54) is 37.8 Å². The van der Waals surface area contributed by atoms with E-state index in [1.54, 1.807) is 18.3 Å². The fourth-order valence-corrected chi connectivity index (χ4v) is 3.41. The molecule has 0 spiro atoms. The summed E-state index contributed by atoms with van der Waals surface area (Å²) in [6.07, 6.45) is 6.94. The maximum atomic E-state index is 13.0. The van der Waals surface area contributed by atoms with Gasteiger partial charge >= 0.3 is 0 Å². The van der Waals surface area contributed by atoms with Crippen LogP contribution in [0, 0.1) is 11.7 Å². The van der Waals surface area contributed by atoms with E-state index in [2.05, 4.69) is 23.9 Å². The number of nitrogens with zero attached hydrogens (tertiary/aromatic N) is 2. The molecule has 1 aliphatic rings. The molecular formula is C18H23FN2O. The van der Waals surface area contributed by atoms with Gasteiger partial charge in [0.1, 0.15) is 5.82 Å². The Morgan fingerprint density at radius 1 is 1.23 bits per heavy atom. The lowest BCUT2D eigenvalue weighted by molar-refractivity contribution is 0.124. The molecule has 2 aromatic rings. The molecule has 3 nitrogen and oxygen atoms in total. The van der Waals surface area contributed by atoms with Crippen LogP contribution in [-0.4, -0.2) is 23.0 Å². The van der Waals surface area contributed by atoms with E-state index < -0.39 is 0 Å². The molecule has 0 aliphatic heterocycles. The number of oxazole rings is 1. The summed E-state index contributed by atoms with van der Waals surface area (Å²) >= 11 is 0. The van der Waals surface area contributed by atoms with Gasteiger partial charge in [-0.25, -0.2) is 9.37 Å². The number of halogens is 1. The van der Waals surface area contributed by atoms with Gasteiger partial charge in [0, 0.05) is 11.6 Å². The molecule has 0 N–H and O–H groups in total. The van der Waals surface area contributed by atoms with E-state index >= 15 is 0 Å². The molecule has 1 heterocycles. The van der Waals surface area contributed by atoms with E-state index in [9.17, 15) is 4.39 Å². The molecule has 1 aromatic carbocycles. The van der Waals surface area contributed by atoms with Gasteiger partial charge in [0.25, 0.3) is 0 Å². The summed E-state index contributed by atoms with van der Waals surface area (Å²) in [4.78, 5) is 6.72. The molecule has 4 heteroatoms. The molecule has 2 atom stereocenters. The monoisotopic (exact) mass is 302 g/mol. The normalized spacial score (nSPS) is 22.2. The average Bonchev–Trinajstić information content (AvgIpc) is 2.97. The fraction of sp³-hybridized carbons (Fsp3) is 0.500. The predicted octanol–water partition coefficient (Wildman–Crippen LogP) is 4.49. The second-order valence-electron chi connectivity index (χ2n) is 6.37. The lowest BCUT2D eigenvalue weighted by atomic mass is 9.85. The first-order valence-electron chi connectivity index (χ1n) is 8.04. The summed E-state index contributed by atoms with van der Waals surface area (Å²) in [5.41, 5.74) is 0.855. The van der Waals surface area contributed by atoms with Crippen molar-refractivity contribution in [1.29, 1.82) is 0 Å². The summed E-state index contributed by atoms with van der Waals surface area (Å²) in [7, 11) is 2.15. The van der Waals surface area contributed by atoms with Gasteiger partial charge in [-0.3, -0.25) is 4.90 Å². The van der Waals surface area contributed by atoms with Gasteiger partial charge < -0.3 is 4.42 Å². The van der Waals surface area contributed by atoms with Crippen LogP contribution in [0.25, 0.3) is 11.3 Å². The number of aromatic nitrogens is 1. The second-order valence-corrected chi connectivity index (χ2v) is 6.37. The third-order valence-corrected chi connectivity index (χ3v) is 4.70. The Hall–Kier alpha value is -1.68. The van der Waals surface area contributed by atoms with Crippen molar-refractivity contribution in [3.8, 4) is 11.3 Å². The van der Waals surface area contributed by atoms with Gasteiger partial charge in [0.15, 0.2) is 5.76 Å². The lowest BCUT2D eigenvalue weighted by Crippen LogP contribution is -2.38. The van der Waals surface area contributed by atoms with Gasteiger partial charge in [0.05, 0.1) is 12.7 Å². The molecule has 0 saturated heterocycles. The Labute approximate surface area is 131 Å². The molecule has 0 radical (unpaired) electrons. The Morgan fingerprint density at radius 2 is 1.95 bits per heavy atom. The number of benzene rings is 1. The fourth-order valence-electron chi connectivity index (χ4n) is 3.41. The first-order chi connectivity index (χ1) is 10.6. The third-order valence-electron chi connectivity index (χ3n) is 4.70. The number of hydrogen-bond donors (Lipinski definition) is 0. The first kappa shape index (κ1) is 15.2. The summed E-state index contributed by atoms with van der Waals surface area (Å²) in [5.74, 6) is 1.90. The first-order valence-corrected chi connectivity index (χ1v) is 8.04. The molecule has 1 aromatic heterocycles. The van der Waals surface area contributed by atoms with Crippen molar-refractivity contribution in [1.82, 2.24) is 9.88 Å². The average molecular weight is 302 g/mol. The van der Waals surface area contributed by atoms with Crippen LogP contribution in [0.2, 0.25) is 0 Å². The van der Waals surface area contributed by atoms with Crippen molar-refractivity contribution >= 4 is 0 Å². The molecule has 1 fully saturated rings. The van der Waals surface area contributed by atoms with Crippen LogP contribution >= 0.6 is 0 Å². The zero-order chi connectivity index (χ0) is 15.5. The van der Waals surface area contributed by atoms with E-state index in [4.69, 9.17) is 4.42 Å². The highest BCUT2D eigenvalue weighted by Gasteiger charge is 2.25. The maximum Gasteiger partial charge on any atom is 0.209 e. The van der Waals surface area contributed by atoms with Crippen LogP contribution in [-0.2, 0) is 6.54 Å². The zero-order valence-corrected chi connectivity index (χ0v) is 13.3. The number of rotatable bonds is 4. The maximum absolute atomic E-state index is 13.0. The molecule has 2 unspecified atom stereocenters. The van der Waals surface area contributed by atoms with Crippen molar-refractivity contribution < 1.29 is 8.81 Å². The standard InChI is InChI=1S/C18H23FN2O/c1-13-5-3-4-6-16(13)21(2)12-18-20-11-17(22-18)14-7-9-15(19)10-8-14/h7-11,13,16H,3-6,12H2,1-2H3. The molecule has 22 heavy (non-hydrogen) atoms. The van der Waals surface area contributed by atoms with E-state index in [0.29, 0.717) is 11.8 Å². The Bertz CT molecular complexity index is 608. The van der Waals surface area contributed by atoms with Gasteiger partial charge in [-0.2, -0.15) is 0 Å². The molecule has 118 valence electrons. The van der Waals surface area contributed by atoms with Gasteiger partial charge in [-0.15, -0.1) is 0 Å². The van der Waals surface area contributed by atoms with Crippen LogP contribution in [0.3, 0.4) is 0 Å². The third kappa shape index (κ3) is 3.38. The molecule has 0 amide bonds. The van der Waals surface area contributed by atoms with Gasteiger partial charge in [-0.05, 0) is 50.1 Å². The van der Waals surface area contributed by atoms with Gasteiger partial charge in [-0.1, -0.05) is 19.8 Å². The molecule has 0 bridgehead atoms. The smallest absolute Gasteiger partial charge is 0.209 e. The van der Waals surface area contributed by atoms with Crippen LogP contribution in [0.5, 0.6) is 0 Å². The van der Waals surface area contributed by atoms with Crippen molar-refractivity contribution in [3.05, 3.63) is 42.2 Å². The topological polar surface area (TPSA) is 29.3 Å². The number of hydrogen-bond acceptors (Lipinski definition) is 3. The largest absolute Gasteiger partial charge is 0.439 e. The SMILES string of the molecule is CC1CCCCC1N(C)Cc1ncc(-c2ccc(F)cc2)o1. The van der Waals surface area contributed by atoms with Crippen molar-refractivity contribution in [3.63, 3.8) is 0 Å². The second kappa shape index (κ2) is 6.61. The molecule has 1 saturated carbocycles. The quantitative estimate of drug-likeness (QED) is 0.833. The highest BCUT2D eigenvalue weighted by molar-refractivity contribution is 5.55. The Balaban J connectivity index is 1.67. The summed E-state index contributed by atoms with van der Waals surface area (Å²) in [6.45, 7) is 3.05. The highest BCUT2D eigenvalue weighted by Crippen LogP contribution is 2.28. The highest BCUT2D eigenvalue weighted by atomic mass is 19.1. The predicted molar refractivity (Wildman–Crippen MR) is 84.8 cm³/mol. The van der Waals surface area contributed by atoms with Gasteiger partial charge in [0.2, 0.25) is 5.89 Å². The van der Waals surface area contributed by atoms with E-state index in [1.807, 2.05) is 0 Å². The lowest BCUT2D eigenvalue weighted by Gasteiger charge is -2.35. The van der Waals surface area contributed by atoms with E-state index in [-0.39, 0.29) is 5.82 Å². The minimum atomic E-state index is -0.241. The molecule has 3 rings (SSSR count). The van der Waals surface area contributed by atoms with E-state index in [0.717, 1.165) is 23.9 Å². The Morgan fingerprint density at radius 3 is 2.68 bits per heavy atom. The van der Waals surface area contributed by atoms with Crippen molar-refractivity contribution in [2.45, 2.75) is 45.2 Å². The van der Waals surface area contributed by atoms with Crippen molar-refractivity contribution in [2.24, 2.45) is 5.92 Å². The summed E-state index contributed by atoms with van der Waals surface area (Å²) < 4.78 is 18.8. The summed E-state index contributed by atoms with van der Waals surface area (Å²) in [5, 5.41) is 0. The summed E-state index contributed by atoms with van der Waals surface area (Å²) in [6, 6.07) is 6.91. The van der Waals surface area contributed by atoms with Crippen LogP contribution in [0.4, 0.5) is 4.39 Å². The van der Waals surface area contributed by atoms with Crippen LogP contribution in [0.15, 0.2) is 34.9 Å². The molecule has 1 aliphatic carbocycles. The Kier molecular flexibility index (Phi) is 4.57. The minimum absolute atomic E-state index is 0.241. The van der Waals surface area contributed by atoms with Crippen molar-refractivity contribution in [2.75, 3.05) is 7.05 Å².